The van der Waals surface area contributed by atoms with Gasteiger partial charge in [0.1, 0.15) is 24.5 Å². The highest BCUT2D eigenvalue weighted by molar-refractivity contribution is 5.75. The van der Waals surface area contributed by atoms with Crippen LogP contribution in [-0.4, -0.2) is 55.8 Å². The van der Waals surface area contributed by atoms with Crippen LogP contribution < -0.4 is 10.2 Å². The Morgan fingerprint density at radius 3 is 3.00 bits per heavy atom. The summed E-state index contributed by atoms with van der Waals surface area (Å²) in [5, 5.41) is 13.8. The lowest BCUT2D eigenvalue weighted by Gasteiger charge is -2.39. The second-order valence-corrected chi connectivity index (χ2v) is 6.87. The molecule has 1 aliphatic heterocycles. The molecule has 26 heavy (non-hydrogen) atoms. The van der Waals surface area contributed by atoms with E-state index in [9.17, 15) is 9.90 Å². The van der Waals surface area contributed by atoms with E-state index in [4.69, 9.17) is 0 Å². The molecule has 1 saturated heterocycles. The van der Waals surface area contributed by atoms with Crippen molar-refractivity contribution < 1.29 is 9.90 Å². The number of rotatable bonds is 6. The van der Waals surface area contributed by atoms with Gasteiger partial charge < -0.3 is 19.9 Å². The van der Waals surface area contributed by atoms with Crippen molar-refractivity contribution in [1.29, 1.82) is 0 Å². The van der Waals surface area contributed by atoms with Gasteiger partial charge in [-0.05, 0) is 19.8 Å². The molecule has 1 aliphatic rings. The number of aromatic nitrogens is 4. The number of hydrogen-bond acceptors (Lipinski definition) is 6. The van der Waals surface area contributed by atoms with E-state index in [2.05, 4.69) is 25.2 Å². The van der Waals surface area contributed by atoms with Gasteiger partial charge in [0, 0.05) is 50.2 Å². The maximum absolute atomic E-state index is 12.3. The number of hydrogen-bond donors (Lipinski definition) is 2. The first-order valence-corrected chi connectivity index (χ1v) is 9.02. The van der Waals surface area contributed by atoms with E-state index >= 15 is 0 Å². The van der Waals surface area contributed by atoms with Crippen LogP contribution in [0.3, 0.4) is 0 Å². The van der Waals surface area contributed by atoms with Crippen molar-refractivity contribution in [3.05, 3.63) is 36.3 Å². The van der Waals surface area contributed by atoms with Gasteiger partial charge in [0.05, 0.1) is 5.60 Å². The van der Waals surface area contributed by atoms with E-state index in [0.717, 1.165) is 36.7 Å². The summed E-state index contributed by atoms with van der Waals surface area (Å²) < 4.78 is 1.83. The SMILES string of the molecule is CCc1nccn1CC(=O)NC[C@]1(O)CCCN(c2cc(C)ncn2)C1. The number of nitrogens with one attached hydrogen (secondary N) is 1. The summed E-state index contributed by atoms with van der Waals surface area (Å²) in [7, 11) is 0. The van der Waals surface area contributed by atoms with Crippen LogP contribution >= 0.6 is 0 Å². The third-order valence-corrected chi connectivity index (χ3v) is 4.72. The Balaban J connectivity index is 1.57. The highest BCUT2D eigenvalue weighted by Crippen LogP contribution is 2.24. The molecule has 1 fully saturated rings. The standard InChI is InChI=1S/C18H26N6O2/c1-3-15-19-6-8-23(15)10-17(25)20-11-18(26)5-4-7-24(12-18)16-9-14(2)21-13-22-16/h6,8-9,13,26H,3-5,7,10-12H2,1-2H3,(H,20,25)/t18-/m1/s1. The fourth-order valence-corrected chi connectivity index (χ4v) is 3.34. The number of β-amino-alcohol motifs (C(OH)–C–C–N with tert-alkyl or cyclic N) is 1. The van der Waals surface area contributed by atoms with Gasteiger partial charge in [-0.25, -0.2) is 15.0 Å². The first-order chi connectivity index (χ1) is 12.5. The fourth-order valence-electron chi connectivity index (χ4n) is 3.34. The molecule has 2 N–H and O–H groups in total. The second kappa shape index (κ2) is 7.82. The minimum atomic E-state index is -0.963. The van der Waals surface area contributed by atoms with Crippen molar-refractivity contribution >= 4 is 11.7 Å². The van der Waals surface area contributed by atoms with E-state index in [1.807, 2.05) is 24.5 Å². The molecule has 0 aromatic carbocycles. The Labute approximate surface area is 153 Å². The molecule has 8 nitrogen and oxygen atoms in total. The van der Waals surface area contributed by atoms with Crippen LogP contribution in [-0.2, 0) is 17.8 Å². The molecule has 3 heterocycles. The smallest absolute Gasteiger partial charge is 0.240 e. The van der Waals surface area contributed by atoms with Crippen molar-refractivity contribution in [3.63, 3.8) is 0 Å². The first kappa shape index (κ1) is 18.3. The minimum Gasteiger partial charge on any atom is -0.386 e. The number of imidazole rings is 1. The Hall–Kier alpha value is -2.48. The number of carbonyl (C=O) groups excluding carboxylic acids is 1. The van der Waals surface area contributed by atoms with Gasteiger partial charge >= 0.3 is 0 Å². The lowest BCUT2D eigenvalue weighted by atomic mass is 9.92. The predicted octanol–water partition coefficient (Wildman–Crippen LogP) is 0.692. The van der Waals surface area contributed by atoms with Crippen molar-refractivity contribution in [1.82, 2.24) is 24.8 Å². The average molecular weight is 358 g/mol. The van der Waals surface area contributed by atoms with Crippen LogP contribution in [0.25, 0.3) is 0 Å². The topological polar surface area (TPSA) is 96.2 Å². The van der Waals surface area contributed by atoms with E-state index < -0.39 is 5.60 Å². The molecule has 2 aromatic rings. The Morgan fingerprint density at radius 2 is 2.23 bits per heavy atom. The van der Waals surface area contributed by atoms with Crippen molar-refractivity contribution in [2.45, 2.75) is 45.3 Å². The maximum Gasteiger partial charge on any atom is 0.240 e. The molecular formula is C18H26N6O2. The Bertz CT molecular complexity index is 762. The van der Waals surface area contributed by atoms with Gasteiger partial charge in [-0.1, -0.05) is 6.92 Å². The minimum absolute atomic E-state index is 0.124. The van der Waals surface area contributed by atoms with Crippen LogP contribution in [0.1, 0.15) is 31.3 Å². The van der Waals surface area contributed by atoms with E-state index in [1.165, 1.54) is 6.33 Å². The molecule has 8 heteroatoms. The zero-order valence-corrected chi connectivity index (χ0v) is 15.4. The summed E-state index contributed by atoms with van der Waals surface area (Å²) >= 11 is 0. The summed E-state index contributed by atoms with van der Waals surface area (Å²) in [5.41, 5.74) is -0.0700. The largest absolute Gasteiger partial charge is 0.386 e. The quantitative estimate of drug-likeness (QED) is 0.789. The third kappa shape index (κ3) is 4.37. The van der Waals surface area contributed by atoms with Gasteiger partial charge in [0.2, 0.25) is 5.91 Å². The van der Waals surface area contributed by atoms with Gasteiger partial charge in [-0.3, -0.25) is 4.79 Å². The van der Waals surface area contributed by atoms with Crippen molar-refractivity contribution in [2.24, 2.45) is 0 Å². The normalized spacial score (nSPS) is 20.2. The Kier molecular flexibility index (Phi) is 5.51. The molecule has 1 atom stereocenters. The molecule has 0 saturated carbocycles. The molecule has 0 bridgehead atoms. The van der Waals surface area contributed by atoms with Crippen LogP contribution in [0.5, 0.6) is 0 Å². The maximum atomic E-state index is 12.3. The van der Waals surface area contributed by atoms with Gasteiger partial charge in [0.25, 0.3) is 0 Å². The van der Waals surface area contributed by atoms with Crippen LogP contribution in [0.4, 0.5) is 5.82 Å². The molecule has 2 aromatic heterocycles. The number of nitrogens with zero attached hydrogens (tertiary/aromatic N) is 5. The summed E-state index contributed by atoms with van der Waals surface area (Å²) in [4.78, 5) is 26.9. The van der Waals surface area contributed by atoms with Gasteiger partial charge in [0.15, 0.2) is 0 Å². The third-order valence-electron chi connectivity index (χ3n) is 4.72. The Morgan fingerprint density at radius 1 is 1.38 bits per heavy atom. The van der Waals surface area contributed by atoms with Gasteiger partial charge in [-0.2, -0.15) is 0 Å². The van der Waals surface area contributed by atoms with Crippen molar-refractivity contribution in [3.8, 4) is 0 Å². The van der Waals surface area contributed by atoms with Crippen LogP contribution in [0, 0.1) is 6.92 Å². The van der Waals surface area contributed by atoms with Gasteiger partial charge in [-0.15, -0.1) is 0 Å². The summed E-state index contributed by atoms with van der Waals surface area (Å²) in [6.45, 7) is 5.64. The lowest BCUT2D eigenvalue weighted by molar-refractivity contribution is -0.123. The second-order valence-electron chi connectivity index (χ2n) is 6.87. The molecule has 3 rings (SSSR count). The van der Waals surface area contributed by atoms with E-state index in [0.29, 0.717) is 13.0 Å². The zero-order chi connectivity index (χ0) is 18.6. The first-order valence-electron chi connectivity index (χ1n) is 9.02. The highest BCUT2D eigenvalue weighted by Gasteiger charge is 2.34. The number of aliphatic hydroxyl groups is 1. The monoisotopic (exact) mass is 358 g/mol. The molecule has 0 aliphatic carbocycles. The molecular weight excluding hydrogens is 332 g/mol. The van der Waals surface area contributed by atoms with E-state index in [1.54, 1.807) is 12.4 Å². The summed E-state index contributed by atoms with van der Waals surface area (Å²) in [6, 6.07) is 1.91. The number of anilines is 1. The van der Waals surface area contributed by atoms with E-state index in [-0.39, 0.29) is 19.0 Å². The molecule has 0 unspecified atom stereocenters. The number of piperidine rings is 1. The summed E-state index contributed by atoms with van der Waals surface area (Å²) in [5.74, 6) is 1.57. The fraction of sp³-hybridized carbons (Fsp3) is 0.556. The predicted molar refractivity (Wildman–Crippen MR) is 97.8 cm³/mol. The summed E-state index contributed by atoms with van der Waals surface area (Å²) in [6.07, 6.45) is 7.30. The highest BCUT2D eigenvalue weighted by atomic mass is 16.3. The molecule has 0 spiro atoms. The lowest BCUT2D eigenvalue weighted by Crippen LogP contribution is -2.54. The van der Waals surface area contributed by atoms with Crippen LogP contribution in [0.2, 0.25) is 0 Å². The van der Waals surface area contributed by atoms with Crippen LogP contribution in [0.15, 0.2) is 24.8 Å². The number of aryl methyl sites for hydroxylation is 2. The molecule has 140 valence electrons. The van der Waals surface area contributed by atoms with Crippen molar-refractivity contribution in [2.75, 3.05) is 24.5 Å². The number of carbonyl (C=O) groups is 1. The number of amides is 1. The zero-order valence-electron chi connectivity index (χ0n) is 15.4. The average Bonchev–Trinajstić information content (AvgIpc) is 3.07. The molecule has 1 amide bonds. The molecule has 0 radical (unpaired) electrons.